The second kappa shape index (κ2) is 18.9. The summed E-state index contributed by atoms with van der Waals surface area (Å²) in [5.41, 5.74) is 27.0. The first-order chi connectivity index (χ1) is 42.1. The van der Waals surface area contributed by atoms with Crippen LogP contribution >= 0.6 is 0 Å². The Hall–Kier alpha value is -10.8. The first-order valence-corrected chi connectivity index (χ1v) is 29.8. The van der Waals surface area contributed by atoms with Crippen LogP contribution in [0.3, 0.4) is 0 Å². The minimum absolute atomic E-state index is 0.0882. The summed E-state index contributed by atoms with van der Waals surface area (Å²) in [6, 6.07) is 99.6. The Balaban J connectivity index is 0.819. The summed E-state index contributed by atoms with van der Waals surface area (Å²) in [7, 11) is 0. The third-order valence-corrected chi connectivity index (χ3v) is 18.8. The van der Waals surface area contributed by atoms with Gasteiger partial charge in [-0.25, -0.2) is 4.98 Å². The zero-order valence-electron chi connectivity index (χ0n) is 48.2. The van der Waals surface area contributed by atoms with Gasteiger partial charge in [0, 0.05) is 49.2 Å². The van der Waals surface area contributed by atoms with Crippen molar-refractivity contribution in [2.45, 2.75) is 38.5 Å². The molecule has 3 aromatic heterocycles. The molecule has 0 amide bonds. The molecule has 0 saturated carbocycles. The lowest BCUT2D eigenvalue weighted by Crippen LogP contribution is -2.14. The molecule has 5 heteroatoms. The van der Waals surface area contributed by atoms with Gasteiger partial charge in [0.25, 0.3) is 0 Å². The maximum atomic E-state index is 5.53. The summed E-state index contributed by atoms with van der Waals surface area (Å²) < 4.78 is 4.62. The Morgan fingerprint density at radius 2 is 0.651 bits per heavy atom. The topological polar surface area (TPSA) is 48.5 Å². The highest BCUT2D eigenvalue weighted by Gasteiger charge is 2.37. The molecular weight excluding hydrogens is 1040 g/mol. The Labute approximate surface area is 499 Å². The fraction of sp³-hybridized carbons (Fsp3) is 0.0741. The van der Waals surface area contributed by atoms with E-state index < -0.39 is 0 Å². The van der Waals surface area contributed by atoms with Gasteiger partial charge in [-0.3, -0.25) is 4.57 Å². The molecule has 5 nitrogen and oxygen atoms in total. The summed E-state index contributed by atoms with van der Waals surface area (Å²) in [4.78, 5) is 16.5. The number of nitrogens with zero attached hydrogens (tertiary/aromatic N) is 5. The zero-order valence-corrected chi connectivity index (χ0v) is 48.2. The van der Waals surface area contributed by atoms with E-state index in [1.54, 1.807) is 0 Å². The number of benzene rings is 12. The van der Waals surface area contributed by atoms with Crippen molar-refractivity contribution in [3.8, 4) is 101 Å². The molecule has 0 bridgehead atoms. The Bertz CT molecular complexity index is 5310. The van der Waals surface area contributed by atoms with Crippen molar-refractivity contribution >= 4 is 43.6 Å². The van der Waals surface area contributed by atoms with Gasteiger partial charge in [0.05, 0.1) is 22.1 Å². The molecule has 2 aliphatic rings. The molecular formula is C81H57N5. The van der Waals surface area contributed by atoms with Gasteiger partial charge in [0.1, 0.15) is 0 Å². The van der Waals surface area contributed by atoms with Gasteiger partial charge in [-0.15, -0.1) is 0 Å². The van der Waals surface area contributed by atoms with Gasteiger partial charge in [-0.05, 0) is 156 Å². The molecule has 3 heterocycles. The SMILES string of the molecule is CC1(C)c2ccccc2-c2ccc(-c3ccc4c(c3)c3ccccc3n4-c3cccc(-c4nc(-c5cccc(-c6ccccc6-c6ccccc6)c5)nc(-n5c6ccccc6c6cc(-c7ccc8c(c7)C(C)(C)c7ccccc7-8)ccc65)n4)c3)cc21. The number of rotatable bonds is 8. The van der Waals surface area contributed by atoms with Crippen LogP contribution in [0, 0.1) is 0 Å². The molecule has 15 aromatic rings. The Morgan fingerprint density at radius 1 is 0.244 bits per heavy atom. The van der Waals surface area contributed by atoms with Crippen LogP contribution in [-0.2, 0) is 10.8 Å². The fourth-order valence-corrected chi connectivity index (χ4v) is 14.5. The van der Waals surface area contributed by atoms with Crippen molar-refractivity contribution in [1.82, 2.24) is 24.1 Å². The quantitative estimate of drug-likeness (QED) is 0.152. The van der Waals surface area contributed by atoms with E-state index in [1.807, 2.05) is 0 Å². The molecule has 17 rings (SSSR count). The smallest absolute Gasteiger partial charge is 0.238 e. The van der Waals surface area contributed by atoms with E-state index in [9.17, 15) is 0 Å². The number of para-hydroxylation sites is 2. The normalized spacial score (nSPS) is 13.5. The minimum Gasteiger partial charge on any atom is -0.309 e. The predicted octanol–water partition coefficient (Wildman–Crippen LogP) is 20.7. The first-order valence-electron chi connectivity index (χ1n) is 29.8. The standard InChI is InChI=1S/C81H57N5/c1-80(2)69-32-14-10-28-61(69)63-40-36-53(48-71(63)80)51-38-42-75-67(46-51)65-30-12-16-34-73(65)85(75)58-25-19-24-57(45-58)78-82-77(56-23-18-22-55(44-56)60-27-9-8-26-59(60)50-20-6-5-7-21-50)83-79(84-78)86-74-35-17-13-31-66(74)68-47-52(39-43-76(68)86)54-37-41-64-62-29-11-15-33-70(62)81(3,4)72(64)49-54/h5-49H,1-4H3. The van der Waals surface area contributed by atoms with Crippen molar-refractivity contribution in [1.29, 1.82) is 0 Å². The van der Waals surface area contributed by atoms with Crippen molar-refractivity contribution in [2.75, 3.05) is 0 Å². The lowest BCUT2D eigenvalue weighted by Gasteiger charge is -2.22. The van der Waals surface area contributed by atoms with Crippen molar-refractivity contribution in [3.63, 3.8) is 0 Å². The molecule has 0 aliphatic heterocycles. The van der Waals surface area contributed by atoms with Crippen LogP contribution in [0.1, 0.15) is 49.9 Å². The molecule has 0 fully saturated rings. The summed E-state index contributed by atoms with van der Waals surface area (Å²) in [6.45, 7) is 9.40. The van der Waals surface area contributed by atoms with Gasteiger partial charge in [0.15, 0.2) is 11.6 Å². The molecule has 0 spiro atoms. The van der Waals surface area contributed by atoms with E-state index >= 15 is 0 Å². The third kappa shape index (κ3) is 7.60. The monoisotopic (exact) mass is 1100 g/mol. The summed E-state index contributed by atoms with van der Waals surface area (Å²) >= 11 is 0. The van der Waals surface area contributed by atoms with Crippen LogP contribution < -0.4 is 0 Å². The van der Waals surface area contributed by atoms with Crippen LogP contribution in [0.25, 0.3) is 145 Å². The van der Waals surface area contributed by atoms with Gasteiger partial charge < -0.3 is 4.57 Å². The maximum absolute atomic E-state index is 5.53. The molecule has 2 aliphatic carbocycles. The van der Waals surface area contributed by atoms with Crippen LogP contribution in [0.4, 0.5) is 0 Å². The van der Waals surface area contributed by atoms with Crippen molar-refractivity contribution in [3.05, 3.63) is 295 Å². The predicted molar refractivity (Wildman–Crippen MR) is 356 cm³/mol. The van der Waals surface area contributed by atoms with Gasteiger partial charge >= 0.3 is 0 Å². The molecule has 0 unspecified atom stereocenters. The van der Waals surface area contributed by atoms with Gasteiger partial charge in [-0.1, -0.05) is 234 Å². The third-order valence-electron chi connectivity index (χ3n) is 18.8. The van der Waals surface area contributed by atoms with E-state index in [2.05, 4.69) is 310 Å². The molecule has 12 aromatic carbocycles. The first kappa shape index (κ1) is 49.8. The number of aromatic nitrogens is 5. The van der Waals surface area contributed by atoms with Crippen LogP contribution in [0.5, 0.6) is 0 Å². The average molecular weight is 1100 g/mol. The largest absolute Gasteiger partial charge is 0.309 e. The molecule has 86 heavy (non-hydrogen) atoms. The molecule has 0 N–H and O–H groups in total. The summed E-state index contributed by atoms with van der Waals surface area (Å²) in [5.74, 6) is 1.71. The van der Waals surface area contributed by atoms with E-state index in [-0.39, 0.29) is 10.8 Å². The van der Waals surface area contributed by atoms with E-state index in [0.29, 0.717) is 17.6 Å². The van der Waals surface area contributed by atoms with Crippen molar-refractivity contribution < 1.29 is 0 Å². The van der Waals surface area contributed by atoms with E-state index in [4.69, 9.17) is 15.0 Å². The average Bonchev–Trinajstić information content (AvgIpc) is 1.97. The lowest BCUT2D eigenvalue weighted by molar-refractivity contribution is 0.660. The molecule has 0 radical (unpaired) electrons. The second-order valence-electron chi connectivity index (χ2n) is 24.4. The Morgan fingerprint density at radius 3 is 1.24 bits per heavy atom. The van der Waals surface area contributed by atoms with Gasteiger partial charge in [0.2, 0.25) is 5.95 Å². The van der Waals surface area contributed by atoms with Crippen LogP contribution in [0.2, 0.25) is 0 Å². The summed E-state index contributed by atoms with van der Waals surface area (Å²) in [6.07, 6.45) is 0. The fourth-order valence-electron chi connectivity index (χ4n) is 14.5. The molecule has 406 valence electrons. The van der Waals surface area contributed by atoms with Crippen LogP contribution in [-0.4, -0.2) is 24.1 Å². The van der Waals surface area contributed by atoms with Crippen LogP contribution in [0.15, 0.2) is 273 Å². The Kier molecular flexibility index (Phi) is 10.9. The second-order valence-corrected chi connectivity index (χ2v) is 24.4. The highest BCUT2D eigenvalue weighted by molar-refractivity contribution is 6.12. The number of hydrogen-bond donors (Lipinski definition) is 0. The number of fused-ring (bicyclic) bond motifs is 12. The highest BCUT2D eigenvalue weighted by Crippen LogP contribution is 2.52. The van der Waals surface area contributed by atoms with Gasteiger partial charge in [-0.2, -0.15) is 9.97 Å². The number of hydrogen-bond acceptors (Lipinski definition) is 3. The summed E-state index contributed by atoms with van der Waals surface area (Å²) in [5, 5.41) is 4.65. The maximum Gasteiger partial charge on any atom is 0.238 e. The lowest BCUT2D eigenvalue weighted by atomic mass is 9.81. The van der Waals surface area contributed by atoms with E-state index in [0.717, 1.165) is 77.5 Å². The highest BCUT2D eigenvalue weighted by atomic mass is 15.2. The zero-order chi connectivity index (χ0) is 57.4. The minimum atomic E-state index is -0.107. The van der Waals surface area contributed by atoms with Crippen molar-refractivity contribution in [2.24, 2.45) is 0 Å². The van der Waals surface area contributed by atoms with E-state index in [1.165, 1.54) is 72.0 Å². The molecule has 0 saturated heterocycles. The molecule has 0 atom stereocenters.